The minimum absolute atomic E-state index is 0.220. The first kappa shape index (κ1) is 25.8. The van der Waals surface area contributed by atoms with E-state index in [9.17, 15) is 0 Å². The van der Waals surface area contributed by atoms with Gasteiger partial charge in [-0.25, -0.2) is 9.97 Å². The Morgan fingerprint density at radius 2 is 1.48 bits per heavy atom. The van der Waals surface area contributed by atoms with E-state index < -0.39 is 0 Å². The lowest BCUT2D eigenvalue weighted by Gasteiger charge is -2.28. The summed E-state index contributed by atoms with van der Waals surface area (Å²) in [6, 6.07) is 35.5. The number of hydrogen-bond acceptors (Lipinski definition) is 3. The summed E-state index contributed by atoms with van der Waals surface area (Å²) in [6.45, 7) is 4.39. The van der Waals surface area contributed by atoms with Gasteiger partial charge >= 0.3 is 0 Å². The van der Waals surface area contributed by atoms with E-state index in [-0.39, 0.29) is 5.92 Å². The predicted molar refractivity (Wildman–Crippen MR) is 189 cm³/mol. The smallest absolute Gasteiger partial charge is 0.161 e. The first-order valence-electron chi connectivity index (χ1n) is 16.4. The molecule has 0 fully saturated rings. The molecule has 4 aromatic carbocycles. The molecule has 0 spiro atoms. The number of rotatable bonds is 3. The Bertz CT molecular complexity index is 2550. The molecule has 0 saturated heterocycles. The van der Waals surface area contributed by atoms with Gasteiger partial charge in [0.2, 0.25) is 0 Å². The number of para-hydroxylation sites is 3. The molecule has 2 aliphatic carbocycles. The topological polar surface area (TPSA) is 33.4 Å². The van der Waals surface area contributed by atoms with Gasteiger partial charge in [-0.3, -0.25) is 4.90 Å². The molecule has 4 heterocycles. The number of hydrogen-bond donors (Lipinski definition) is 0. The Labute approximate surface area is 267 Å². The number of anilines is 2. The van der Waals surface area contributed by atoms with Crippen LogP contribution in [0.2, 0.25) is 0 Å². The Hall–Kier alpha value is -5.48. The molecule has 0 N–H and O–H groups in total. The second-order valence-electron chi connectivity index (χ2n) is 12.9. The molecule has 3 aliphatic rings. The van der Waals surface area contributed by atoms with Gasteiger partial charge in [0.05, 0.1) is 27.9 Å². The van der Waals surface area contributed by atoms with E-state index in [2.05, 4.69) is 138 Å². The number of fused-ring (bicyclic) bond motifs is 9. The van der Waals surface area contributed by atoms with Crippen molar-refractivity contribution in [2.75, 3.05) is 4.90 Å². The number of nitrogens with zero attached hydrogens (tertiary/aromatic N) is 4. The molecule has 46 heavy (non-hydrogen) atoms. The summed E-state index contributed by atoms with van der Waals surface area (Å²) in [5, 5.41) is 3.99. The van der Waals surface area contributed by atoms with Crippen molar-refractivity contribution in [2.24, 2.45) is 0 Å². The molecule has 3 aromatic heterocycles. The number of allylic oxidation sites excluding steroid dienone is 4. The lowest BCUT2D eigenvalue weighted by atomic mass is 9.86. The van der Waals surface area contributed by atoms with Crippen LogP contribution < -0.4 is 10.1 Å². The highest BCUT2D eigenvalue weighted by Crippen LogP contribution is 2.53. The van der Waals surface area contributed by atoms with Gasteiger partial charge in [0.15, 0.2) is 5.82 Å². The van der Waals surface area contributed by atoms with Crippen molar-refractivity contribution in [3.05, 3.63) is 149 Å². The van der Waals surface area contributed by atoms with Crippen molar-refractivity contribution in [3.63, 3.8) is 0 Å². The van der Waals surface area contributed by atoms with E-state index in [1.165, 1.54) is 60.6 Å². The monoisotopic (exact) mass is 592 g/mol. The maximum Gasteiger partial charge on any atom is 0.161 e. The molecular formula is C42H32N4. The van der Waals surface area contributed by atoms with Gasteiger partial charge in [0.25, 0.3) is 0 Å². The maximum atomic E-state index is 5.48. The zero-order valence-electron chi connectivity index (χ0n) is 26.0. The van der Waals surface area contributed by atoms with E-state index in [0.29, 0.717) is 0 Å². The third kappa shape index (κ3) is 3.39. The number of aryl methyl sites for hydroxylation is 1. The lowest BCUT2D eigenvalue weighted by Crippen LogP contribution is -2.27. The highest BCUT2D eigenvalue weighted by atomic mass is 15.2. The standard InChI is InChI=1S/C42H32N4/c1-25-14-6-7-17-28(25)38-26(2)42(44-41(43-38)27-15-4-3-5-16-27)46-35-22-12-9-19-30(35)33-24-32-29-18-8-11-21-34(29)45-36-23-13-10-20-31(36)37(39(32)45)40(33)46/h4,6-23,33H,3,5,24H2,1-2H3. The second kappa shape index (κ2) is 9.51. The van der Waals surface area contributed by atoms with Crippen LogP contribution in [0.1, 0.15) is 46.8 Å². The van der Waals surface area contributed by atoms with Crippen molar-refractivity contribution in [3.8, 4) is 11.3 Å². The van der Waals surface area contributed by atoms with Crippen molar-refractivity contribution < 1.29 is 0 Å². The average molecular weight is 593 g/mol. The van der Waals surface area contributed by atoms with Gasteiger partial charge in [-0.15, -0.1) is 0 Å². The van der Waals surface area contributed by atoms with Gasteiger partial charge in [0.1, 0.15) is 5.82 Å². The fourth-order valence-corrected chi connectivity index (χ4v) is 8.37. The molecule has 10 rings (SSSR count). The zero-order valence-corrected chi connectivity index (χ0v) is 26.0. The van der Waals surface area contributed by atoms with Crippen LogP contribution in [0.25, 0.3) is 49.9 Å². The van der Waals surface area contributed by atoms with Crippen LogP contribution in [0.15, 0.2) is 115 Å². The highest BCUT2D eigenvalue weighted by Gasteiger charge is 2.41. The van der Waals surface area contributed by atoms with Crippen LogP contribution in [-0.4, -0.2) is 14.4 Å². The van der Waals surface area contributed by atoms with Crippen molar-refractivity contribution in [2.45, 2.75) is 39.0 Å². The van der Waals surface area contributed by atoms with Crippen LogP contribution in [0.5, 0.6) is 0 Å². The van der Waals surface area contributed by atoms with Crippen LogP contribution in [0, 0.1) is 13.8 Å². The molecule has 220 valence electrons. The van der Waals surface area contributed by atoms with E-state index >= 15 is 0 Å². The Kier molecular flexibility index (Phi) is 5.34. The summed E-state index contributed by atoms with van der Waals surface area (Å²) in [5.74, 6) is 1.98. The predicted octanol–water partition coefficient (Wildman–Crippen LogP) is 9.37. The maximum absolute atomic E-state index is 5.48. The molecule has 7 aromatic rings. The molecule has 1 aliphatic heterocycles. The number of aromatic nitrogens is 3. The summed E-state index contributed by atoms with van der Waals surface area (Å²) in [7, 11) is 0. The van der Waals surface area contributed by atoms with Crippen LogP contribution >= 0.6 is 0 Å². The second-order valence-corrected chi connectivity index (χ2v) is 12.9. The third-order valence-corrected chi connectivity index (χ3v) is 10.4. The fraction of sp³-hybridized carbons (Fsp3) is 0.143. The van der Waals surface area contributed by atoms with Gasteiger partial charge in [-0.2, -0.15) is 0 Å². The summed E-state index contributed by atoms with van der Waals surface area (Å²) in [4.78, 5) is 13.3. The molecular weight excluding hydrogens is 560 g/mol. The first-order chi connectivity index (χ1) is 22.7. The summed E-state index contributed by atoms with van der Waals surface area (Å²) in [5.41, 5.74) is 14.8. The molecule has 0 bridgehead atoms. The average Bonchev–Trinajstić information content (AvgIpc) is 3.74. The molecule has 0 radical (unpaired) electrons. The van der Waals surface area contributed by atoms with E-state index in [1.54, 1.807) is 0 Å². The molecule has 1 atom stereocenters. The SMILES string of the molecule is Cc1ccccc1-c1nc(C2=CCCC=C2)nc(N2C3=c4c5ccccc5n5c4c(c4ccccc45)CC3c3ccccc32)c1C. The van der Waals surface area contributed by atoms with E-state index in [4.69, 9.17) is 9.97 Å². The largest absolute Gasteiger partial charge is 0.308 e. The van der Waals surface area contributed by atoms with Crippen molar-refractivity contribution in [1.29, 1.82) is 0 Å². The fourth-order valence-electron chi connectivity index (χ4n) is 8.37. The van der Waals surface area contributed by atoms with Gasteiger partial charge < -0.3 is 4.40 Å². The quantitative estimate of drug-likeness (QED) is 0.205. The highest BCUT2D eigenvalue weighted by molar-refractivity contribution is 6.07. The Balaban J connectivity index is 1.37. The Morgan fingerprint density at radius 1 is 0.739 bits per heavy atom. The van der Waals surface area contributed by atoms with Crippen LogP contribution in [-0.2, 0) is 6.42 Å². The number of benzene rings is 4. The summed E-state index contributed by atoms with van der Waals surface area (Å²) in [6.07, 6.45) is 9.75. The molecule has 1 unspecified atom stereocenters. The first-order valence-corrected chi connectivity index (χ1v) is 16.4. The van der Waals surface area contributed by atoms with Crippen molar-refractivity contribution in [1.82, 2.24) is 14.4 Å². The molecule has 0 amide bonds. The Morgan fingerprint density at radius 3 is 2.30 bits per heavy atom. The van der Waals surface area contributed by atoms with Crippen LogP contribution in [0.4, 0.5) is 11.5 Å². The molecule has 4 heteroatoms. The van der Waals surface area contributed by atoms with E-state index in [0.717, 1.165) is 53.3 Å². The minimum Gasteiger partial charge on any atom is -0.308 e. The summed E-state index contributed by atoms with van der Waals surface area (Å²) >= 11 is 0. The van der Waals surface area contributed by atoms with E-state index in [1.807, 2.05) is 0 Å². The minimum atomic E-state index is 0.220. The third-order valence-electron chi connectivity index (χ3n) is 10.4. The van der Waals surface area contributed by atoms with Gasteiger partial charge in [0, 0.05) is 44.3 Å². The normalized spacial score (nSPS) is 16.8. The van der Waals surface area contributed by atoms with Gasteiger partial charge in [-0.05, 0) is 68.0 Å². The molecule has 0 saturated carbocycles. The van der Waals surface area contributed by atoms with Crippen molar-refractivity contribution >= 4 is 50.1 Å². The lowest BCUT2D eigenvalue weighted by molar-refractivity contribution is 0.864. The summed E-state index contributed by atoms with van der Waals surface area (Å²) < 4.78 is 2.51. The van der Waals surface area contributed by atoms with Gasteiger partial charge in [-0.1, -0.05) is 97.1 Å². The molecule has 4 nitrogen and oxygen atoms in total. The zero-order chi connectivity index (χ0) is 30.5. The van der Waals surface area contributed by atoms with Crippen LogP contribution in [0.3, 0.4) is 0 Å².